The predicted octanol–water partition coefficient (Wildman–Crippen LogP) is 3.18. The van der Waals surface area contributed by atoms with Gasteiger partial charge in [0.1, 0.15) is 5.75 Å². The molecule has 11 heteroatoms. The van der Waals surface area contributed by atoms with Gasteiger partial charge < -0.3 is 14.2 Å². The smallest absolute Gasteiger partial charge is 0.455 e. The molecule has 0 amide bonds. The van der Waals surface area contributed by atoms with Crippen molar-refractivity contribution in [1.29, 1.82) is 0 Å². The highest BCUT2D eigenvalue weighted by molar-refractivity contribution is 7.90. The van der Waals surface area contributed by atoms with Crippen LogP contribution >= 0.6 is 0 Å². The molecule has 7 nitrogen and oxygen atoms in total. The molecular formula is C17H20F3N3O4S. The molecule has 0 radical (unpaired) electrons. The average molecular weight is 419 g/mol. The highest BCUT2D eigenvalue weighted by Gasteiger charge is 2.38. The Morgan fingerprint density at radius 3 is 2.54 bits per heavy atom. The molecule has 2 heterocycles. The molecule has 1 aromatic carbocycles. The van der Waals surface area contributed by atoms with E-state index in [9.17, 15) is 21.6 Å². The molecular weight excluding hydrogens is 399 g/mol. The van der Waals surface area contributed by atoms with Gasteiger partial charge in [-0.2, -0.15) is 18.2 Å². The molecule has 28 heavy (non-hydrogen) atoms. The average Bonchev–Trinajstić information content (AvgIpc) is 3.12. The minimum absolute atomic E-state index is 0.139. The molecule has 0 bridgehead atoms. The quantitative estimate of drug-likeness (QED) is 0.736. The zero-order chi connectivity index (χ0) is 20.5. The van der Waals surface area contributed by atoms with Gasteiger partial charge in [-0.1, -0.05) is 6.07 Å². The van der Waals surface area contributed by atoms with Crippen LogP contribution in [0.1, 0.15) is 25.6 Å². The maximum atomic E-state index is 12.6. The first-order valence-electron chi connectivity index (χ1n) is 8.66. The van der Waals surface area contributed by atoms with Gasteiger partial charge in [0, 0.05) is 19.3 Å². The lowest BCUT2D eigenvalue weighted by molar-refractivity contribution is -0.146. The van der Waals surface area contributed by atoms with Crippen molar-refractivity contribution in [2.24, 2.45) is 5.92 Å². The Morgan fingerprint density at radius 1 is 1.29 bits per heavy atom. The van der Waals surface area contributed by atoms with E-state index in [0.717, 1.165) is 6.26 Å². The highest BCUT2D eigenvalue weighted by atomic mass is 32.2. The number of nitrogens with zero attached hydrogens (tertiary/aromatic N) is 3. The summed E-state index contributed by atoms with van der Waals surface area (Å²) < 4.78 is 71.7. The molecule has 1 saturated heterocycles. The van der Waals surface area contributed by atoms with Crippen molar-refractivity contribution in [2.45, 2.75) is 36.9 Å². The lowest BCUT2D eigenvalue weighted by Crippen LogP contribution is -2.38. The summed E-state index contributed by atoms with van der Waals surface area (Å²) in [6.07, 6.45) is -2.37. The fourth-order valence-corrected chi connectivity index (χ4v) is 3.76. The molecule has 1 aliphatic heterocycles. The topological polar surface area (TPSA) is 85.5 Å². The summed E-state index contributed by atoms with van der Waals surface area (Å²) in [7, 11) is -3.32. The van der Waals surface area contributed by atoms with Gasteiger partial charge in [0.05, 0.1) is 11.0 Å². The number of sulfone groups is 1. The number of hydrogen-bond donors (Lipinski definition) is 0. The fraction of sp³-hybridized carbons (Fsp3) is 0.529. The largest absolute Gasteiger partial charge is 0.490 e. The second kappa shape index (κ2) is 7.61. The Morgan fingerprint density at radius 2 is 1.96 bits per heavy atom. The summed E-state index contributed by atoms with van der Waals surface area (Å²) in [4.78, 5) is 5.22. The van der Waals surface area contributed by atoms with Gasteiger partial charge in [-0.25, -0.2) is 8.42 Å². The van der Waals surface area contributed by atoms with Gasteiger partial charge in [0.25, 0.3) is 5.82 Å². The second-order valence-corrected chi connectivity index (χ2v) is 8.81. The van der Waals surface area contributed by atoms with Crippen molar-refractivity contribution >= 4 is 15.9 Å². The van der Waals surface area contributed by atoms with Crippen molar-refractivity contribution in [3.8, 4) is 5.75 Å². The minimum atomic E-state index is -4.64. The molecule has 1 aromatic heterocycles. The van der Waals surface area contributed by atoms with Crippen LogP contribution in [0, 0.1) is 5.92 Å². The first kappa shape index (κ1) is 20.4. The van der Waals surface area contributed by atoms with Crippen molar-refractivity contribution in [3.63, 3.8) is 0 Å². The van der Waals surface area contributed by atoms with E-state index in [0.29, 0.717) is 31.7 Å². The van der Waals surface area contributed by atoms with E-state index in [1.165, 1.54) is 12.1 Å². The summed E-state index contributed by atoms with van der Waals surface area (Å²) in [5.74, 6) is -0.667. The van der Waals surface area contributed by atoms with Crippen molar-refractivity contribution in [3.05, 3.63) is 30.1 Å². The Kier molecular flexibility index (Phi) is 5.55. The Hall–Kier alpha value is -2.30. The molecule has 154 valence electrons. The lowest BCUT2D eigenvalue weighted by Gasteiger charge is -2.33. The monoisotopic (exact) mass is 419 g/mol. The first-order valence-corrected chi connectivity index (χ1v) is 10.6. The summed E-state index contributed by atoms with van der Waals surface area (Å²) in [6, 6.07) is 6.16. The molecule has 3 rings (SSSR count). The Bertz CT molecular complexity index is 922. The van der Waals surface area contributed by atoms with Crippen LogP contribution in [-0.2, 0) is 16.0 Å². The van der Waals surface area contributed by atoms with Crippen LogP contribution in [0.2, 0.25) is 0 Å². The third-order valence-corrected chi connectivity index (χ3v) is 5.81. The van der Waals surface area contributed by atoms with Gasteiger partial charge in [0.15, 0.2) is 9.84 Å². The molecule has 0 spiro atoms. The van der Waals surface area contributed by atoms with Crippen LogP contribution in [0.15, 0.2) is 33.7 Å². The number of anilines is 1. The number of alkyl halides is 3. The molecule has 2 aromatic rings. The first-order chi connectivity index (χ1) is 13.0. The highest BCUT2D eigenvalue weighted by Crippen LogP contribution is 2.31. The summed E-state index contributed by atoms with van der Waals surface area (Å²) >= 11 is 0. The Labute approximate surface area is 160 Å². The number of halogens is 3. The zero-order valence-corrected chi connectivity index (χ0v) is 16.1. The van der Waals surface area contributed by atoms with E-state index in [2.05, 4.69) is 10.1 Å². The Balaban J connectivity index is 1.58. The number of benzene rings is 1. The molecule has 1 aliphatic rings. The van der Waals surface area contributed by atoms with Crippen LogP contribution in [-0.4, -0.2) is 44.0 Å². The van der Waals surface area contributed by atoms with E-state index in [4.69, 9.17) is 9.26 Å². The van der Waals surface area contributed by atoms with Gasteiger partial charge in [0.2, 0.25) is 0 Å². The van der Waals surface area contributed by atoms with Gasteiger partial charge in [-0.15, -0.1) is 0 Å². The van der Waals surface area contributed by atoms with E-state index >= 15 is 0 Å². The maximum absolute atomic E-state index is 12.6. The summed E-state index contributed by atoms with van der Waals surface area (Å²) in [5, 5.41) is 2.97. The molecule has 0 aliphatic carbocycles. The van der Waals surface area contributed by atoms with Crippen molar-refractivity contribution < 1.29 is 30.8 Å². The van der Waals surface area contributed by atoms with Gasteiger partial charge in [-0.05, 0) is 49.0 Å². The number of ether oxygens (including phenoxy) is 1. The van der Waals surface area contributed by atoms with Gasteiger partial charge >= 0.3 is 12.2 Å². The van der Waals surface area contributed by atoms with Crippen LogP contribution in [0.3, 0.4) is 0 Å². The number of piperidine rings is 1. The van der Waals surface area contributed by atoms with Crippen LogP contribution < -0.4 is 9.64 Å². The van der Waals surface area contributed by atoms with Crippen LogP contribution in [0.4, 0.5) is 19.2 Å². The number of aromatic nitrogens is 2. The van der Waals surface area contributed by atoms with Crippen molar-refractivity contribution in [2.75, 3.05) is 24.2 Å². The molecule has 1 fully saturated rings. The van der Waals surface area contributed by atoms with E-state index in [1.807, 2.05) is 6.92 Å². The molecule has 0 saturated carbocycles. The second-order valence-electron chi connectivity index (χ2n) is 6.79. The normalized spacial score (nSPS) is 17.5. The number of hydrogen-bond acceptors (Lipinski definition) is 7. The van der Waals surface area contributed by atoms with Crippen LogP contribution in [0.5, 0.6) is 5.75 Å². The summed E-state index contributed by atoms with van der Waals surface area (Å²) in [5.41, 5.74) is 0. The standard InChI is InChI=1S/C17H20F3N3O4S/c1-11(26-13-4-3-5-14(10-13)28(2,24)25)12-6-8-23(9-7-12)16-21-15(22-27-16)17(18,19)20/h3-5,10-12H,6-9H2,1-2H3. The fourth-order valence-electron chi connectivity index (χ4n) is 3.11. The summed E-state index contributed by atoms with van der Waals surface area (Å²) in [6.45, 7) is 2.81. The molecule has 1 atom stereocenters. The number of rotatable bonds is 5. The minimum Gasteiger partial charge on any atom is -0.490 e. The SMILES string of the molecule is CC(Oc1cccc(S(C)(=O)=O)c1)C1CCN(c2nc(C(F)(F)F)no2)CC1. The zero-order valence-electron chi connectivity index (χ0n) is 15.3. The van der Waals surface area contributed by atoms with Crippen LogP contribution in [0.25, 0.3) is 0 Å². The predicted molar refractivity (Wildman–Crippen MR) is 93.9 cm³/mol. The van der Waals surface area contributed by atoms with E-state index in [1.54, 1.807) is 17.0 Å². The van der Waals surface area contributed by atoms with Gasteiger partial charge in [-0.3, -0.25) is 0 Å². The third kappa shape index (κ3) is 4.75. The third-order valence-electron chi connectivity index (χ3n) is 4.70. The maximum Gasteiger partial charge on any atom is 0.455 e. The van der Waals surface area contributed by atoms with E-state index in [-0.39, 0.29) is 22.9 Å². The lowest BCUT2D eigenvalue weighted by atomic mass is 9.92. The molecule has 0 N–H and O–H groups in total. The molecule has 1 unspecified atom stereocenters. The van der Waals surface area contributed by atoms with E-state index < -0.39 is 21.8 Å². The van der Waals surface area contributed by atoms with Crippen molar-refractivity contribution in [1.82, 2.24) is 10.1 Å².